The molecule has 0 aromatic heterocycles. The molecule has 1 saturated carbocycles. The summed E-state index contributed by atoms with van der Waals surface area (Å²) in [6.45, 7) is 10.4. The molecular weight excluding hydrogens is 339 g/mol. The summed E-state index contributed by atoms with van der Waals surface area (Å²) < 4.78 is 34.0. The molecule has 1 unspecified atom stereocenters. The van der Waals surface area contributed by atoms with Gasteiger partial charge in [0.2, 0.25) is 0 Å². The van der Waals surface area contributed by atoms with Crippen LogP contribution in [0.5, 0.6) is 5.75 Å². The van der Waals surface area contributed by atoms with Crippen LogP contribution in [0.15, 0.2) is 18.2 Å². The third kappa shape index (κ3) is 5.55. The van der Waals surface area contributed by atoms with Crippen LogP contribution in [-0.2, 0) is 18.1 Å². The molecule has 0 N–H and O–H groups in total. The second kappa shape index (κ2) is 9.18. The van der Waals surface area contributed by atoms with Crippen molar-refractivity contribution in [2.75, 3.05) is 20.0 Å². The van der Waals surface area contributed by atoms with Crippen molar-refractivity contribution in [2.45, 2.75) is 59.3 Å². The number of phosphoric acid groups is 1. The number of phosphoric ester groups is 1. The average Bonchev–Trinajstić information content (AvgIpc) is 3.39. The van der Waals surface area contributed by atoms with Gasteiger partial charge in [-0.05, 0) is 55.6 Å². The fourth-order valence-electron chi connectivity index (χ4n) is 2.98. The monoisotopic (exact) mass is 370 g/mol. The maximum Gasteiger partial charge on any atom is 0.477 e. The van der Waals surface area contributed by atoms with E-state index in [0.717, 1.165) is 17.2 Å². The number of ether oxygens (including phenoxy) is 1. The molecule has 142 valence electrons. The minimum absolute atomic E-state index is 0.161. The van der Waals surface area contributed by atoms with Crippen molar-refractivity contribution in [3.8, 4) is 5.75 Å². The number of hydrogen-bond donors (Lipinski definition) is 0. The Labute approximate surface area is 151 Å². The van der Waals surface area contributed by atoms with E-state index in [-0.39, 0.29) is 20.0 Å². The lowest BCUT2D eigenvalue weighted by atomic mass is 9.90. The Morgan fingerprint density at radius 3 is 2.16 bits per heavy atom. The lowest BCUT2D eigenvalue weighted by Gasteiger charge is -2.22. The van der Waals surface area contributed by atoms with Crippen molar-refractivity contribution in [3.63, 3.8) is 0 Å². The normalized spacial score (nSPS) is 16.2. The Bertz CT molecular complexity index is 587. The van der Waals surface area contributed by atoms with Gasteiger partial charge in [-0.1, -0.05) is 39.0 Å². The first-order chi connectivity index (χ1) is 11.9. The van der Waals surface area contributed by atoms with E-state index < -0.39 is 7.82 Å². The molecule has 0 radical (unpaired) electrons. The number of benzene rings is 1. The Hall–Kier alpha value is -0.870. The molecular formula is C19H31O5P. The van der Waals surface area contributed by atoms with Gasteiger partial charge in [0.25, 0.3) is 0 Å². The summed E-state index contributed by atoms with van der Waals surface area (Å²) in [6.07, 6.45) is 2.54. The van der Waals surface area contributed by atoms with Crippen LogP contribution < -0.4 is 4.74 Å². The van der Waals surface area contributed by atoms with Gasteiger partial charge in [0.1, 0.15) is 5.75 Å². The van der Waals surface area contributed by atoms with E-state index in [1.807, 2.05) is 0 Å². The lowest BCUT2D eigenvalue weighted by Crippen LogP contribution is -2.10. The highest BCUT2D eigenvalue weighted by Crippen LogP contribution is 2.50. The van der Waals surface area contributed by atoms with Crippen molar-refractivity contribution < 1.29 is 22.9 Å². The first-order valence-corrected chi connectivity index (χ1v) is 10.7. The van der Waals surface area contributed by atoms with Crippen LogP contribution in [0, 0.1) is 5.92 Å². The van der Waals surface area contributed by atoms with Crippen molar-refractivity contribution in [1.82, 2.24) is 0 Å². The molecule has 1 atom stereocenters. The quantitative estimate of drug-likeness (QED) is 0.361. The smallest absolute Gasteiger partial charge is 0.466 e. The minimum Gasteiger partial charge on any atom is -0.466 e. The topological polar surface area (TPSA) is 54.0 Å². The van der Waals surface area contributed by atoms with E-state index >= 15 is 0 Å². The van der Waals surface area contributed by atoms with E-state index in [0.29, 0.717) is 11.8 Å². The fourth-order valence-corrected chi connectivity index (χ4v) is 4.02. The van der Waals surface area contributed by atoms with Crippen LogP contribution in [0.2, 0.25) is 0 Å². The standard InChI is InChI=1S/C19H31O5P/c1-6-22-25(20,23-7-2)24-13-21-19-17(14(3)4)9-8-10-18(19)15(5)16-11-12-16/h8-10,14-16H,6-7,11-13H2,1-5H3. The predicted octanol–water partition coefficient (Wildman–Crippen LogP) is 5.86. The van der Waals surface area contributed by atoms with Gasteiger partial charge < -0.3 is 4.74 Å². The zero-order valence-electron chi connectivity index (χ0n) is 16.0. The third-order valence-electron chi connectivity index (χ3n) is 4.51. The molecule has 0 amide bonds. The Morgan fingerprint density at radius 2 is 1.64 bits per heavy atom. The fraction of sp³-hybridized carbons (Fsp3) is 0.684. The highest BCUT2D eigenvalue weighted by atomic mass is 31.2. The molecule has 0 saturated heterocycles. The average molecular weight is 370 g/mol. The Morgan fingerprint density at radius 1 is 1.04 bits per heavy atom. The minimum atomic E-state index is -3.57. The van der Waals surface area contributed by atoms with Gasteiger partial charge in [-0.15, -0.1) is 0 Å². The summed E-state index contributed by atoms with van der Waals surface area (Å²) in [5.41, 5.74) is 2.33. The molecule has 2 rings (SSSR count). The molecule has 0 bridgehead atoms. The molecule has 6 heteroatoms. The predicted molar refractivity (Wildman–Crippen MR) is 99.1 cm³/mol. The molecule has 25 heavy (non-hydrogen) atoms. The zero-order valence-corrected chi connectivity index (χ0v) is 16.9. The van der Waals surface area contributed by atoms with E-state index in [1.165, 1.54) is 18.4 Å². The maximum atomic E-state index is 12.4. The summed E-state index contributed by atoms with van der Waals surface area (Å²) >= 11 is 0. The lowest BCUT2D eigenvalue weighted by molar-refractivity contribution is 0.0525. The van der Waals surface area contributed by atoms with Crippen LogP contribution in [0.3, 0.4) is 0 Å². The molecule has 5 nitrogen and oxygen atoms in total. The first kappa shape index (κ1) is 20.4. The van der Waals surface area contributed by atoms with E-state index in [4.69, 9.17) is 18.3 Å². The largest absolute Gasteiger partial charge is 0.477 e. The van der Waals surface area contributed by atoms with Crippen LogP contribution in [0.1, 0.15) is 70.4 Å². The summed E-state index contributed by atoms with van der Waals surface area (Å²) in [4.78, 5) is 0. The number of hydrogen-bond acceptors (Lipinski definition) is 5. The molecule has 0 aliphatic heterocycles. The number of para-hydroxylation sites is 1. The van der Waals surface area contributed by atoms with Gasteiger partial charge in [-0.3, -0.25) is 9.05 Å². The Balaban J connectivity index is 2.15. The summed E-state index contributed by atoms with van der Waals surface area (Å²) in [5.74, 6) is 2.34. The van der Waals surface area contributed by atoms with Crippen molar-refractivity contribution >= 4 is 7.82 Å². The van der Waals surface area contributed by atoms with E-state index in [9.17, 15) is 4.57 Å². The molecule has 1 aromatic carbocycles. The molecule has 0 spiro atoms. The second-order valence-electron chi connectivity index (χ2n) is 6.72. The van der Waals surface area contributed by atoms with Gasteiger partial charge in [0.05, 0.1) is 13.2 Å². The molecule has 1 aliphatic carbocycles. The molecule has 1 fully saturated rings. The van der Waals surface area contributed by atoms with E-state index in [2.05, 4.69) is 39.0 Å². The molecule has 1 aromatic rings. The highest BCUT2D eigenvalue weighted by molar-refractivity contribution is 7.48. The third-order valence-corrected chi connectivity index (χ3v) is 6.08. The highest BCUT2D eigenvalue weighted by Gasteiger charge is 2.32. The van der Waals surface area contributed by atoms with Crippen LogP contribution >= 0.6 is 7.82 Å². The van der Waals surface area contributed by atoms with Gasteiger partial charge in [-0.25, -0.2) is 9.09 Å². The van der Waals surface area contributed by atoms with Gasteiger partial charge in [0.15, 0.2) is 6.79 Å². The van der Waals surface area contributed by atoms with Gasteiger partial charge in [0, 0.05) is 0 Å². The summed E-state index contributed by atoms with van der Waals surface area (Å²) in [7, 11) is -3.57. The van der Waals surface area contributed by atoms with Crippen LogP contribution in [0.25, 0.3) is 0 Å². The summed E-state index contributed by atoms with van der Waals surface area (Å²) in [6, 6.07) is 6.28. The molecule has 1 aliphatic rings. The zero-order chi connectivity index (χ0) is 18.4. The van der Waals surface area contributed by atoms with Crippen LogP contribution in [-0.4, -0.2) is 20.0 Å². The van der Waals surface area contributed by atoms with Gasteiger partial charge in [-0.2, -0.15) is 0 Å². The second-order valence-corrected chi connectivity index (χ2v) is 8.39. The van der Waals surface area contributed by atoms with Crippen molar-refractivity contribution in [2.24, 2.45) is 5.92 Å². The number of rotatable bonds is 11. The molecule has 0 heterocycles. The van der Waals surface area contributed by atoms with Crippen LogP contribution in [0.4, 0.5) is 0 Å². The van der Waals surface area contributed by atoms with E-state index in [1.54, 1.807) is 13.8 Å². The first-order valence-electron chi connectivity index (χ1n) is 9.21. The summed E-state index contributed by atoms with van der Waals surface area (Å²) in [5, 5.41) is 0. The van der Waals surface area contributed by atoms with Crippen molar-refractivity contribution in [3.05, 3.63) is 29.3 Å². The van der Waals surface area contributed by atoms with Crippen molar-refractivity contribution in [1.29, 1.82) is 0 Å². The van der Waals surface area contributed by atoms with Gasteiger partial charge >= 0.3 is 7.82 Å². The SMILES string of the molecule is CCOP(=O)(OCC)OCOc1c(C(C)C)cccc1C(C)C1CC1. The Kier molecular flexibility index (Phi) is 7.51. The maximum absolute atomic E-state index is 12.4.